The lowest BCUT2D eigenvalue weighted by Crippen LogP contribution is -2.43. The Bertz CT molecular complexity index is 632. The second kappa shape index (κ2) is 5.89. The van der Waals surface area contributed by atoms with Crippen molar-refractivity contribution in [2.24, 2.45) is 11.3 Å². The normalized spacial score (nSPS) is 25.6. The summed E-state index contributed by atoms with van der Waals surface area (Å²) >= 11 is 0. The van der Waals surface area contributed by atoms with Gasteiger partial charge in [-0.3, -0.25) is 0 Å². The number of fused-ring (bicyclic) bond motifs is 1. The van der Waals surface area contributed by atoms with Crippen molar-refractivity contribution in [3.8, 4) is 0 Å². The molecule has 1 aliphatic heterocycles. The van der Waals surface area contributed by atoms with Gasteiger partial charge in [0.25, 0.3) is 0 Å². The molecule has 0 bridgehead atoms. The van der Waals surface area contributed by atoms with Crippen LogP contribution < -0.4 is 5.32 Å². The van der Waals surface area contributed by atoms with Gasteiger partial charge >= 0.3 is 12.2 Å². The highest BCUT2D eigenvalue weighted by Crippen LogP contribution is 2.48. The number of urea groups is 1. The summed E-state index contributed by atoms with van der Waals surface area (Å²) in [7, 11) is 0. The number of carbonyl (C=O) groups is 1. The van der Waals surface area contributed by atoms with Crippen LogP contribution in [0.2, 0.25) is 0 Å². The average molecular weight is 342 g/mol. The summed E-state index contributed by atoms with van der Waals surface area (Å²) in [5.74, 6) is 0.452. The van der Waals surface area contributed by atoms with Crippen molar-refractivity contribution in [2.45, 2.75) is 51.9 Å². The van der Waals surface area contributed by atoms with Gasteiger partial charge in [0.15, 0.2) is 0 Å². The fourth-order valence-corrected chi connectivity index (χ4v) is 4.02. The third kappa shape index (κ3) is 3.18. The lowest BCUT2D eigenvalue weighted by atomic mass is 9.80. The van der Waals surface area contributed by atoms with E-state index in [1.807, 2.05) is 4.90 Å². The van der Waals surface area contributed by atoms with Gasteiger partial charge in [0.1, 0.15) is 11.5 Å². The highest BCUT2D eigenvalue weighted by Gasteiger charge is 2.50. The first-order valence-corrected chi connectivity index (χ1v) is 8.12. The van der Waals surface area contributed by atoms with Gasteiger partial charge in [0.2, 0.25) is 0 Å². The van der Waals surface area contributed by atoms with E-state index in [-0.39, 0.29) is 29.9 Å². The van der Waals surface area contributed by atoms with Crippen LogP contribution in [0.4, 0.5) is 18.0 Å². The SMILES string of the molecule is CC1(C)CN(C(=O)NCc2nccc(C(F)(F)F)n2)C2CCCC21. The molecule has 0 spiro atoms. The van der Waals surface area contributed by atoms with Crippen LogP contribution in [-0.2, 0) is 12.7 Å². The Labute approximate surface area is 138 Å². The second-order valence-electron chi connectivity index (χ2n) is 7.24. The first-order chi connectivity index (χ1) is 11.2. The first kappa shape index (κ1) is 17.0. The molecule has 1 saturated heterocycles. The zero-order chi connectivity index (χ0) is 17.5. The summed E-state index contributed by atoms with van der Waals surface area (Å²) in [5, 5.41) is 2.66. The molecule has 24 heavy (non-hydrogen) atoms. The Morgan fingerprint density at radius 3 is 2.88 bits per heavy atom. The van der Waals surface area contributed by atoms with E-state index in [4.69, 9.17) is 0 Å². The molecular formula is C16H21F3N4O. The molecule has 0 aromatic carbocycles. The van der Waals surface area contributed by atoms with E-state index in [9.17, 15) is 18.0 Å². The number of nitrogens with one attached hydrogen (secondary N) is 1. The van der Waals surface area contributed by atoms with Crippen LogP contribution >= 0.6 is 0 Å². The predicted molar refractivity (Wildman–Crippen MR) is 80.9 cm³/mol. The number of halogens is 3. The van der Waals surface area contributed by atoms with Crippen LogP contribution in [0.25, 0.3) is 0 Å². The van der Waals surface area contributed by atoms with E-state index in [2.05, 4.69) is 29.1 Å². The van der Waals surface area contributed by atoms with E-state index in [0.717, 1.165) is 31.5 Å². The topological polar surface area (TPSA) is 58.1 Å². The smallest absolute Gasteiger partial charge is 0.331 e. The van der Waals surface area contributed by atoms with Crippen molar-refractivity contribution in [2.75, 3.05) is 6.54 Å². The van der Waals surface area contributed by atoms with Crippen molar-refractivity contribution < 1.29 is 18.0 Å². The largest absolute Gasteiger partial charge is 0.433 e. The van der Waals surface area contributed by atoms with Crippen molar-refractivity contribution in [3.05, 3.63) is 23.8 Å². The fourth-order valence-electron chi connectivity index (χ4n) is 4.02. The second-order valence-corrected chi connectivity index (χ2v) is 7.24. The number of rotatable bonds is 2. The van der Waals surface area contributed by atoms with E-state index < -0.39 is 11.9 Å². The summed E-state index contributed by atoms with van der Waals surface area (Å²) in [5.41, 5.74) is -0.925. The lowest BCUT2D eigenvalue weighted by molar-refractivity contribution is -0.141. The first-order valence-electron chi connectivity index (χ1n) is 8.12. The maximum Gasteiger partial charge on any atom is 0.433 e. The number of nitrogens with zero attached hydrogens (tertiary/aromatic N) is 3. The minimum atomic E-state index is -4.52. The maximum absolute atomic E-state index is 12.7. The highest BCUT2D eigenvalue weighted by molar-refractivity contribution is 5.75. The Morgan fingerprint density at radius 1 is 1.42 bits per heavy atom. The van der Waals surface area contributed by atoms with Gasteiger partial charge in [-0.15, -0.1) is 0 Å². The van der Waals surface area contributed by atoms with Gasteiger partial charge < -0.3 is 10.2 Å². The van der Waals surface area contributed by atoms with Crippen molar-refractivity contribution in [1.29, 1.82) is 0 Å². The molecule has 1 aromatic heterocycles. The van der Waals surface area contributed by atoms with Gasteiger partial charge in [-0.2, -0.15) is 13.2 Å². The molecule has 2 atom stereocenters. The van der Waals surface area contributed by atoms with Crippen LogP contribution in [0.5, 0.6) is 0 Å². The van der Waals surface area contributed by atoms with Crippen LogP contribution in [0.15, 0.2) is 12.3 Å². The van der Waals surface area contributed by atoms with Crippen molar-refractivity contribution in [1.82, 2.24) is 20.2 Å². The van der Waals surface area contributed by atoms with Crippen LogP contribution in [0.3, 0.4) is 0 Å². The zero-order valence-corrected chi connectivity index (χ0v) is 13.7. The third-order valence-electron chi connectivity index (χ3n) is 5.12. The number of hydrogen-bond acceptors (Lipinski definition) is 3. The summed E-state index contributed by atoms with van der Waals surface area (Å²) < 4.78 is 38.0. The molecule has 2 amide bonds. The number of amides is 2. The molecule has 0 radical (unpaired) electrons. The summed E-state index contributed by atoms with van der Waals surface area (Å²) in [4.78, 5) is 21.6. The number of aromatic nitrogens is 2. The maximum atomic E-state index is 12.7. The predicted octanol–water partition coefficient (Wildman–Crippen LogP) is 3.22. The molecule has 3 rings (SSSR count). The summed E-state index contributed by atoms with van der Waals surface area (Å²) in [6.45, 7) is 4.88. The van der Waals surface area contributed by atoms with Gasteiger partial charge in [0.05, 0.1) is 6.54 Å². The van der Waals surface area contributed by atoms with E-state index in [1.54, 1.807) is 0 Å². The third-order valence-corrected chi connectivity index (χ3v) is 5.12. The monoisotopic (exact) mass is 342 g/mol. The van der Waals surface area contributed by atoms with Gasteiger partial charge in [0, 0.05) is 18.8 Å². The van der Waals surface area contributed by atoms with E-state index in [0.29, 0.717) is 12.5 Å². The number of hydrogen-bond donors (Lipinski definition) is 1. The lowest BCUT2D eigenvalue weighted by Gasteiger charge is -2.24. The van der Waals surface area contributed by atoms with Crippen molar-refractivity contribution >= 4 is 6.03 Å². The fraction of sp³-hybridized carbons (Fsp3) is 0.688. The molecule has 132 valence electrons. The Kier molecular flexibility index (Phi) is 4.17. The minimum Gasteiger partial charge on any atom is -0.331 e. The minimum absolute atomic E-state index is 0.0420. The van der Waals surface area contributed by atoms with Crippen LogP contribution in [0, 0.1) is 11.3 Å². The number of carbonyl (C=O) groups excluding carboxylic acids is 1. The average Bonchev–Trinajstić information content (AvgIpc) is 3.08. The summed E-state index contributed by atoms with van der Waals surface area (Å²) in [6.07, 6.45) is -0.236. The number of alkyl halides is 3. The molecule has 1 aliphatic carbocycles. The molecule has 2 heterocycles. The standard InChI is InChI=1S/C16H21F3N4O/c1-15(2)9-23(11-5-3-4-10(11)15)14(24)21-8-13-20-7-6-12(22-13)16(17,18)19/h6-7,10-11H,3-5,8-9H2,1-2H3,(H,21,24). The molecule has 1 aromatic rings. The Morgan fingerprint density at radius 2 is 2.17 bits per heavy atom. The van der Waals surface area contributed by atoms with E-state index >= 15 is 0 Å². The Balaban J connectivity index is 1.64. The molecule has 2 fully saturated rings. The highest BCUT2D eigenvalue weighted by atomic mass is 19.4. The van der Waals surface area contributed by atoms with E-state index in [1.165, 1.54) is 0 Å². The van der Waals surface area contributed by atoms with Crippen LogP contribution in [0.1, 0.15) is 44.6 Å². The van der Waals surface area contributed by atoms with Crippen LogP contribution in [-0.4, -0.2) is 33.5 Å². The molecule has 1 saturated carbocycles. The van der Waals surface area contributed by atoms with Gasteiger partial charge in [-0.05, 0) is 30.2 Å². The molecule has 1 N–H and O–H groups in total. The molecular weight excluding hydrogens is 321 g/mol. The quantitative estimate of drug-likeness (QED) is 0.898. The molecule has 2 unspecified atom stereocenters. The molecule has 5 nitrogen and oxygen atoms in total. The summed E-state index contributed by atoms with van der Waals surface area (Å²) in [6, 6.07) is 0.790. The van der Waals surface area contributed by atoms with Gasteiger partial charge in [-0.25, -0.2) is 14.8 Å². The molecule has 2 aliphatic rings. The van der Waals surface area contributed by atoms with Gasteiger partial charge in [-0.1, -0.05) is 20.3 Å². The molecule has 8 heteroatoms. The zero-order valence-electron chi connectivity index (χ0n) is 13.7. The van der Waals surface area contributed by atoms with Crippen molar-refractivity contribution in [3.63, 3.8) is 0 Å². The Hall–Kier alpha value is -1.86. The number of likely N-dealkylation sites (tertiary alicyclic amines) is 1.